The molecule has 2 aliphatic rings. The zero-order valence-electron chi connectivity index (χ0n) is 24.8. The molecular formula is C30H38N6O7. The smallest absolute Gasteiger partial charge is 0.411 e. The number of carboxylic acid groups (broad SMARTS) is 1. The Kier molecular flexibility index (Phi) is 8.71. The maximum absolute atomic E-state index is 13.7. The quantitative estimate of drug-likeness (QED) is 0.298. The zero-order chi connectivity index (χ0) is 30.7. The molecule has 13 heteroatoms. The Labute approximate surface area is 249 Å². The third kappa shape index (κ3) is 7.34. The van der Waals surface area contributed by atoms with E-state index in [1.54, 1.807) is 18.5 Å². The summed E-state index contributed by atoms with van der Waals surface area (Å²) in [6, 6.07) is 3.43. The van der Waals surface area contributed by atoms with Crippen LogP contribution in [-0.2, 0) is 9.47 Å². The van der Waals surface area contributed by atoms with Gasteiger partial charge in [-0.25, -0.2) is 9.59 Å². The minimum Gasteiger partial charge on any atom is -0.465 e. The van der Waals surface area contributed by atoms with Crippen molar-refractivity contribution in [2.24, 2.45) is 5.92 Å². The first-order valence-corrected chi connectivity index (χ1v) is 14.5. The zero-order valence-corrected chi connectivity index (χ0v) is 24.8. The molecule has 2 atom stereocenters. The Morgan fingerprint density at radius 1 is 1.12 bits per heavy atom. The number of nitrogens with one attached hydrogen (secondary N) is 3. The van der Waals surface area contributed by atoms with Crippen LogP contribution < -0.4 is 20.9 Å². The first kappa shape index (κ1) is 30.1. The Hall–Kier alpha value is -4.39. The molecule has 230 valence electrons. The van der Waals surface area contributed by atoms with Gasteiger partial charge in [0.15, 0.2) is 5.58 Å². The average molecular weight is 595 g/mol. The van der Waals surface area contributed by atoms with E-state index in [2.05, 4.69) is 37.7 Å². The molecule has 2 saturated heterocycles. The number of alkyl carbamates (subject to hydrolysis) is 1. The van der Waals surface area contributed by atoms with Crippen LogP contribution in [0.5, 0.6) is 0 Å². The van der Waals surface area contributed by atoms with Crippen LogP contribution in [0.1, 0.15) is 68.8 Å². The van der Waals surface area contributed by atoms with E-state index in [1.165, 1.54) is 6.20 Å². The summed E-state index contributed by atoms with van der Waals surface area (Å²) in [6.07, 6.45) is 5.48. The molecule has 0 aliphatic carbocycles. The van der Waals surface area contributed by atoms with Gasteiger partial charge in [0, 0.05) is 44.7 Å². The van der Waals surface area contributed by atoms with Gasteiger partial charge < -0.3 is 34.5 Å². The molecule has 0 unspecified atom stereocenters. The fourth-order valence-corrected chi connectivity index (χ4v) is 5.71. The molecule has 2 aliphatic heterocycles. The van der Waals surface area contributed by atoms with Crippen molar-refractivity contribution < 1.29 is 33.4 Å². The first-order chi connectivity index (χ1) is 20.5. The summed E-state index contributed by atoms with van der Waals surface area (Å²) in [4.78, 5) is 48.6. The van der Waals surface area contributed by atoms with Gasteiger partial charge in [0.2, 0.25) is 5.88 Å². The minimum atomic E-state index is -1.37. The van der Waals surface area contributed by atoms with Gasteiger partial charge in [0.25, 0.3) is 5.91 Å². The van der Waals surface area contributed by atoms with Crippen molar-refractivity contribution in [3.8, 4) is 0 Å². The van der Waals surface area contributed by atoms with E-state index in [0.717, 1.165) is 24.8 Å². The van der Waals surface area contributed by atoms with E-state index in [1.807, 2.05) is 26.8 Å². The van der Waals surface area contributed by atoms with E-state index >= 15 is 0 Å². The summed E-state index contributed by atoms with van der Waals surface area (Å²) >= 11 is 0. The summed E-state index contributed by atoms with van der Waals surface area (Å²) in [5.74, 6) is -0.335. The molecule has 0 bridgehead atoms. The van der Waals surface area contributed by atoms with Crippen LogP contribution in [0.15, 0.2) is 35.1 Å². The molecule has 5 heterocycles. The predicted molar refractivity (Wildman–Crippen MR) is 160 cm³/mol. The molecule has 0 aromatic carbocycles. The minimum absolute atomic E-state index is 0.0257. The van der Waals surface area contributed by atoms with Crippen molar-refractivity contribution in [2.45, 2.75) is 64.5 Å². The number of piperidine rings is 1. The average Bonchev–Trinajstić information content (AvgIpc) is 3.28. The fourth-order valence-electron chi connectivity index (χ4n) is 5.71. The number of rotatable bonds is 6. The van der Waals surface area contributed by atoms with E-state index in [-0.39, 0.29) is 34.8 Å². The SMILES string of the molecule is C[C@@H]1C[C@H](NC(=O)OC(C)(C)C)CN(c2ccncc2NC(=O)c2c(NC(=O)O)oc3cc(C4CCOCC4)cnc23)C1. The van der Waals surface area contributed by atoms with E-state index in [0.29, 0.717) is 43.3 Å². The van der Waals surface area contributed by atoms with Gasteiger partial charge in [-0.1, -0.05) is 6.92 Å². The standard InChI is InChI=1S/C30H38N6O7/c1-17-11-20(33-29(40)43-30(2,3)4)16-36(15-17)22-5-8-31-14-21(22)34-26(37)24-25-23(42-27(24)35-28(38)39)12-19(13-32-25)18-6-9-41-10-7-18/h5,8,12-14,17-18,20,35H,6-7,9-11,15-16H2,1-4H3,(H,33,40)(H,34,37)(H,38,39)/t17-,20+/m1/s1. The predicted octanol–water partition coefficient (Wildman–Crippen LogP) is 5.20. The first-order valence-electron chi connectivity index (χ1n) is 14.5. The molecule has 13 nitrogen and oxygen atoms in total. The fraction of sp³-hybridized carbons (Fsp3) is 0.500. The van der Waals surface area contributed by atoms with Gasteiger partial charge >= 0.3 is 12.2 Å². The lowest BCUT2D eigenvalue weighted by Gasteiger charge is -2.39. The second-order valence-electron chi connectivity index (χ2n) is 12.2. The summed E-state index contributed by atoms with van der Waals surface area (Å²) in [5.41, 5.74) is 2.00. The number of nitrogens with zero attached hydrogens (tertiary/aromatic N) is 3. The Bertz CT molecular complexity index is 1490. The Morgan fingerprint density at radius 3 is 2.60 bits per heavy atom. The number of furan rings is 1. The number of fused-ring (bicyclic) bond motifs is 1. The molecule has 0 spiro atoms. The van der Waals surface area contributed by atoms with Crippen molar-refractivity contribution in [2.75, 3.05) is 41.8 Å². The summed E-state index contributed by atoms with van der Waals surface area (Å²) < 4.78 is 16.7. The van der Waals surface area contributed by atoms with Gasteiger partial charge in [-0.05, 0) is 69.6 Å². The van der Waals surface area contributed by atoms with Gasteiger partial charge in [-0.2, -0.15) is 0 Å². The third-order valence-corrected chi connectivity index (χ3v) is 7.46. The number of amides is 3. The van der Waals surface area contributed by atoms with E-state index in [4.69, 9.17) is 13.9 Å². The number of anilines is 3. The maximum Gasteiger partial charge on any atom is 0.411 e. The van der Waals surface area contributed by atoms with Crippen LogP contribution in [-0.4, -0.2) is 71.1 Å². The molecule has 3 aromatic heterocycles. The molecule has 3 amide bonds. The molecule has 2 fully saturated rings. The van der Waals surface area contributed by atoms with Crippen molar-refractivity contribution >= 4 is 46.5 Å². The van der Waals surface area contributed by atoms with Crippen LogP contribution in [0.2, 0.25) is 0 Å². The van der Waals surface area contributed by atoms with Crippen molar-refractivity contribution in [3.63, 3.8) is 0 Å². The highest BCUT2D eigenvalue weighted by Gasteiger charge is 2.30. The van der Waals surface area contributed by atoms with Gasteiger partial charge in [0.05, 0.1) is 17.6 Å². The van der Waals surface area contributed by atoms with Crippen molar-refractivity contribution in [1.29, 1.82) is 0 Å². The Morgan fingerprint density at radius 2 is 1.88 bits per heavy atom. The summed E-state index contributed by atoms with van der Waals surface area (Å²) in [7, 11) is 0. The topological polar surface area (TPSA) is 168 Å². The summed E-state index contributed by atoms with van der Waals surface area (Å²) in [6.45, 7) is 10.0. The number of hydrogen-bond acceptors (Lipinski definition) is 9. The highest BCUT2D eigenvalue weighted by atomic mass is 16.6. The second kappa shape index (κ2) is 12.5. The number of aromatic nitrogens is 2. The molecule has 0 radical (unpaired) electrons. The van der Waals surface area contributed by atoms with Gasteiger partial charge in [-0.15, -0.1) is 0 Å². The normalized spacial score (nSPS) is 19.6. The molecule has 3 aromatic rings. The van der Waals surface area contributed by atoms with Crippen LogP contribution in [0.4, 0.5) is 26.8 Å². The van der Waals surface area contributed by atoms with Gasteiger partial charge in [0.1, 0.15) is 16.7 Å². The highest BCUT2D eigenvalue weighted by Crippen LogP contribution is 2.35. The number of ether oxygens (including phenoxy) is 2. The molecule has 5 rings (SSSR count). The van der Waals surface area contributed by atoms with E-state index in [9.17, 15) is 19.5 Å². The highest BCUT2D eigenvalue weighted by molar-refractivity contribution is 6.16. The monoisotopic (exact) mass is 594 g/mol. The molecule has 0 saturated carbocycles. The molecule has 4 N–H and O–H groups in total. The number of pyridine rings is 2. The lowest BCUT2D eigenvalue weighted by atomic mass is 9.93. The van der Waals surface area contributed by atoms with Crippen LogP contribution in [0.3, 0.4) is 0 Å². The lowest BCUT2D eigenvalue weighted by molar-refractivity contribution is 0.0495. The number of hydrogen-bond donors (Lipinski definition) is 4. The van der Waals surface area contributed by atoms with E-state index < -0.39 is 23.7 Å². The van der Waals surface area contributed by atoms with Crippen LogP contribution in [0, 0.1) is 5.92 Å². The Balaban J connectivity index is 1.39. The van der Waals surface area contributed by atoms with Gasteiger partial charge in [-0.3, -0.25) is 20.1 Å². The van der Waals surface area contributed by atoms with Crippen LogP contribution >= 0.6 is 0 Å². The maximum atomic E-state index is 13.7. The largest absolute Gasteiger partial charge is 0.465 e. The number of carbonyl (C=O) groups excluding carboxylic acids is 2. The summed E-state index contributed by atoms with van der Waals surface area (Å²) in [5, 5.41) is 17.5. The molecular weight excluding hydrogens is 556 g/mol. The molecule has 43 heavy (non-hydrogen) atoms. The second-order valence-corrected chi connectivity index (χ2v) is 12.2. The third-order valence-electron chi connectivity index (χ3n) is 7.46. The van der Waals surface area contributed by atoms with Crippen molar-refractivity contribution in [1.82, 2.24) is 15.3 Å². The lowest BCUT2D eigenvalue weighted by Crippen LogP contribution is -2.51. The van der Waals surface area contributed by atoms with Crippen molar-refractivity contribution in [3.05, 3.63) is 41.9 Å². The van der Waals surface area contributed by atoms with Crippen LogP contribution in [0.25, 0.3) is 11.1 Å². The number of carbonyl (C=O) groups is 3.